The van der Waals surface area contributed by atoms with Crippen LogP contribution in [0.4, 0.5) is 0 Å². The highest BCUT2D eigenvalue weighted by Crippen LogP contribution is 2.08. The molecule has 0 aliphatic heterocycles. The summed E-state index contributed by atoms with van der Waals surface area (Å²) in [6, 6.07) is 1.62. The number of carbonyl (C=O) groups excluding carboxylic acids is 2. The van der Waals surface area contributed by atoms with E-state index in [0.717, 1.165) is 0 Å². The van der Waals surface area contributed by atoms with Crippen molar-refractivity contribution < 1.29 is 23.5 Å². The number of hydrogen-bond donors (Lipinski definition) is 1. The predicted molar refractivity (Wildman–Crippen MR) is 63.0 cm³/mol. The molecule has 0 radical (unpaired) electrons. The second kappa shape index (κ2) is 7.50. The number of methoxy groups -OCH3 is 2. The van der Waals surface area contributed by atoms with Crippen molar-refractivity contribution in [3.05, 3.63) is 23.7 Å². The molecule has 0 spiro atoms. The van der Waals surface area contributed by atoms with Gasteiger partial charge in [0.05, 0.1) is 26.3 Å². The van der Waals surface area contributed by atoms with E-state index in [4.69, 9.17) is 4.42 Å². The van der Waals surface area contributed by atoms with Crippen molar-refractivity contribution in [1.29, 1.82) is 0 Å². The first kappa shape index (κ1) is 14.2. The van der Waals surface area contributed by atoms with Gasteiger partial charge in [-0.3, -0.25) is 4.79 Å². The lowest BCUT2D eigenvalue weighted by molar-refractivity contribution is -0.140. The van der Waals surface area contributed by atoms with Crippen LogP contribution in [0.15, 0.2) is 16.7 Å². The van der Waals surface area contributed by atoms with Gasteiger partial charge in [-0.25, -0.2) is 4.79 Å². The van der Waals surface area contributed by atoms with Crippen molar-refractivity contribution in [2.75, 3.05) is 20.8 Å². The van der Waals surface area contributed by atoms with Gasteiger partial charge in [0.1, 0.15) is 12.0 Å². The van der Waals surface area contributed by atoms with Crippen molar-refractivity contribution in [2.45, 2.75) is 19.4 Å². The van der Waals surface area contributed by atoms with E-state index in [9.17, 15) is 9.59 Å². The van der Waals surface area contributed by atoms with Crippen LogP contribution in [0.1, 0.15) is 29.0 Å². The third-order valence-electron chi connectivity index (χ3n) is 2.34. The highest BCUT2D eigenvalue weighted by molar-refractivity contribution is 5.88. The van der Waals surface area contributed by atoms with E-state index in [-0.39, 0.29) is 5.97 Å². The quantitative estimate of drug-likeness (QED) is 0.581. The maximum absolute atomic E-state index is 11.2. The molecule has 100 valence electrons. The lowest BCUT2D eigenvalue weighted by Gasteiger charge is -2.01. The molecule has 1 rings (SSSR count). The molecule has 0 atom stereocenters. The average Bonchev–Trinajstić information content (AvgIpc) is 2.85. The van der Waals surface area contributed by atoms with Gasteiger partial charge in [-0.1, -0.05) is 0 Å². The number of carbonyl (C=O) groups is 2. The van der Waals surface area contributed by atoms with E-state index in [2.05, 4.69) is 14.8 Å². The van der Waals surface area contributed by atoms with Gasteiger partial charge in [0.25, 0.3) is 0 Å². The summed E-state index contributed by atoms with van der Waals surface area (Å²) in [6.07, 6.45) is 2.43. The van der Waals surface area contributed by atoms with Crippen LogP contribution < -0.4 is 5.32 Å². The van der Waals surface area contributed by atoms with Crippen LogP contribution in [-0.2, 0) is 20.8 Å². The summed E-state index contributed by atoms with van der Waals surface area (Å²) in [7, 11) is 2.69. The SMILES string of the molecule is COC(=O)CCCNCc1cc(C(=O)OC)co1. The van der Waals surface area contributed by atoms with Crippen LogP contribution in [0, 0.1) is 0 Å². The number of rotatable bonds is 7. The molecule has 0 bridgehead atoms. The molecule has 6 heteroatoms. The molecule has 1 heterocycles. The van der Waals surface area contributed by atoms with E-state index in [0.29, 0.717) is 37.3 Å². The molecular formula is C12H17NO5. The summed E-state index contributed by atoms with van der Waals surface area (Å²) < 4.78 is 14.3. The molecule has 6 nitrogen and oxygen atoms in total. The Balaban J connectivity index is 2.21. The van der Waals surface area contributed by atoms with Crippen LogP contribution in [-0.4, -0.2) is 32.7 Å². The summed E-state index contributed by atoms with van der Waals surface area (Å²) in [6.45, 7) is 1.17. The average molecular weight is 255 g/mol. The minimum Gasteiger partial charge on any atom is -0.469 e. The minimum absolute atomic E-state index is 0.220. The Morgan fingerprint density at radius 3 is 2.78 bits per heavy atom. The van der Waals surface area contributed by atoms with Crippen molar-refractivity contribution in [3.8, 4) is 0 Å². The van der Waals surface area contributed by atoms with E-state index < -0.39 is 5.97 Å². The maximum Gasteiger partial charge on any atom is 0.341 e. The number of esters is 2. The molecule has 0 aromatic carbocycles. The Kier molecular flexibility index (Phi) is 5.93. The fourth-order valence-electron chi connectivity index (χ4n) is 1.37. The van der Waals surface area contributed by atoms with Gasteiger partial charge in [0, 0.05) is 6.42 Å². The summed E-state index contributed by atoms with van der Waals surface area (Å²) in [5.74, 6) is 0.00642. The van der Waals surface area contributed by atoms with Crippen LogP contribution in [0.2, 0.25) is 0 Å². The molecule has 18 heavy (non-hydrogen) atoms. The Morgan fingerprint density at radius 1 is 1.33 bits per heavy atom. The number of hydrogen-bond acceptors (Lipinski definition) is 6. The molecule has 0 aliphatic rings. The molecule has 0 amide bonds. The van der Waals surface area contributed by atoms with Crippen molar-refractivity contribution in [2.24, 2.45) is 0 Å². The molecule has 1 aromatic heterocycles. The van der Waals surface area contributed by atoms with Crippen LogP contribution >= 0.6 is 0 Å². The van der Waals surface area contributed by atoms with E-state index in [1.807, 2.05) is 0 Å². The molecule has 0 saturated heterocycles. The molecule has 0 fully saturated rings. The molecule has 0 unspecified atom stereocenters. The third-order valence-corrected chi connectivity index (χ3v) is 2.34. The summed E-state index contributed by atoms with van der Waals surface area (Å²) in [4.78, 5) is 22.0. The Morgan fingerprint density at radius 2 is 2.11 bits per heavy atom. The standard InChI is InChI=1S/C12H17NO5/c1-16-11(14)4-3-5-13-7-10-6-9(8-18-10)12(15)17-2/h6,8,13H,3-5,7H2,1-2H3. The third kappa shape index (κ3) is 4.58. The normalized spacial score (nSPS) is 10.1. The van der Waals surface area contributed by atoms with Crippen molar-refractivity contribution in [3.63, 3.8) is 0 Å². The highest BCUT2D eigenvalue weighted by Gasteiger charge is 2.09. The Hall–Kier alpha value is -1.82. The Bertz CT molecular complexity index is 399. The second-order valence-electron chi connectivity index (χ2n) is 3.65. The smallest absolute Gasteiger partial charge is 0.341 e. The van der Waals surface area contributed by atoms with E-state index >= 15 is 0 Å². The van der Waals surface area contributed by atoms with Gasteiger partial charge in [0.15, 0.2) is 0 Å². The van der Waals surface area contributed by atoms with Gasteiger partial charge in [0.2, 0.25) is 0 Å². The number of ether oxygens (including phenoxy) is 2. The zero-order chi connectivity index (χ0) is 13.4. The van der Waals surface area contributed by atoms with Gasteiger partial charge in [-0.15, -0.1) is 0 Å². The topological polar surface area (TPSA) is 77.8 Å². The monoisotopic (exact) mass is 255 g/mol. The summed E-state index contributed by atoms with van der Waals surface area (Å²) >= 11 is 0. The highest BCUT2D eigenvalue weighted by atomic mass is 16.5. The van der Waals surface area contributed by atoms with Gasteiger partial charge in [-0.05, 0) is 19.0 Å². The first-order valence-electron chi connectivity index (χ1n) is 5.60. The fraction of sp³-hybridized carbons (Fsp3) is 0.500. The van der Waals surface area contributed by atoms with Gasteiger partial charge >= 0.3 is 11.9 Å². The molecule has 1 aromatic rings. The predicted octanol–water partition coefficient (Wildman–Crippen LogP) is 1.11. The van der Waals surface area contributed by atoms with Gasteiger partial charge in [-0.2, -0.15) is 0 Å². The molecule has 0 saturated carbocycles. The minimum atomic E-state index is -0.421. The lowest BCUT2D eigenvalue weighted by atomic mass is 10.3. The number of nitrogens with one attached hydrogen (secondary N) is 1. The summed E-state index contributed by atoms with van der Waals surface area (Å²) in [5, 5.41) is 3.10. The largest absolute Gasteiger partial charge is 0.469 e. The first-order chi connectivity index (χ1) is 8.67. The zero-order valence-electron chi connectivity index (χ0n) is 10.5. The van der Waals surface area contributed by atoms with Crippen molar-refractivity contribution in [1.82, 2.24) is 5.32 Å². The summed E-state index contributed by atoms with van der Waals surface area (Å²) in [5.41, 5.74) is 0.392. The lowest BCUT2D eigenvalue weighted by Crippen LogP contribution is -2.15. The van der Waals surface area contributed by atoms with Gasteiger partial charge < -0.3 is 19.2 Å². The molecular weight excluding hydrogens is 238 g/mol. The molecule has 1 N–H and O–H groups in total. The molecule has 0 aliphatic carbocycles. The first-order valence-corrected chi connectivity index (χ1v) is 5.60. The van der Waals surface area contributed by atoms with Crippen LogP contribution in [0.25, 0.3) is 0 Å². The van der Waals surface area contributed by atoms with Crippen molar-refractivity contribution >= 4 is 11.9 Å². The Labute approximate surface area is 105 Å². The van der Waals surface area contributed by atoms with Crippen LogP contribution in [0.3, 0.4) is 0 Å². The van der Waals surface area contributed by atoms with E-state index in [1.165, 1.54) is 20.5 Å². The number of furan rings is 1. The van der Waals surface area contributed by atoms with Crippen LogP contribution in [0.5, 0.6) is 0 Å². The zero-order valence-corrected chi connectivity index (χ0v) is 10.5. The fourth-order valence-corrected chi connectivity index (χ4v) is 1.37. The maximum atomic E-state index is 11.2. The van der Waals surface area contributed by atoms with E-state index in [1.54, 1.807) is 6.07 Å². The second-order valence-corrected chi connectivity index (χ2v) is 3.65.